The first kappa shape index (κ1) is 15.6. The minimum absolute atomic E-state index is 0.000253. The minimum Gasteiger partial charge on any atom is -0.490 e. The molecule has 21 heavy (non-hydrogen) atoms. The van der Waals surface area contributed by atoms with E-state index in [9.17, 15) is 4.39 Å². The fourth-order valence-electron chi connectivity index (χ4n) is 3.13. The molecule has 2 aliphatic rings. The molecule has 0 N–H and O–H groups in total. The van der Waals surface area contributed by atoms with Gasteiger partial charge in [-0.05, 0) is 42.0 Å². The molecule has 0 radical (unpaired) electrons. The van der Waals surface area contributed by atoms with Crippen LogP contribution in [0.1, 0.15) is 31.2 Å². The number of alkyl halides is 1. The molecule has 0 saturated carbocycles. The van der Waals surface area contributed by atoms with Crippen LogP contribution in [0.4, 0.5) is 4.39 Å². The van der Waals surface area contributed by atoms with Gasteiger partial charge in [-0.15, -0.1) is 0 Å². The second-order valence-corrected chi connectivity index (χ2v) is 7.59. The van der Waals surface area contributed by atoms with Crippen LogP contribution in [0.5, 0.6) is 5.75 Å². The lowest BCUT2D eigenvalue weighted by Gasteiger charge is -2.43. The second kappa shape index (κ2) is 6.88. The lowest BCUT2D eigenvalue weighted by Crippen LogP contribution is -2.46. The van der Waals surface area contributed by atoms with Crippen molar-refractivity contribution in [2.45, 2.75) is 42.7 Å². The number of hydrogen-bond acceptors (Lipinski definition) is 3. The maximum absolute atomic E-state index is 13.6. The molecule has 2 heterocycles. The predicted molar refractivity (Wildman–Crippen MR) is 87.9 cm³/mol. The van der Waals surface area contributed by atoms with Crippen LogP contribution in [0.2, 0.25) is 0 Å². The van der Waals surface area contributed by atoms with E-state index in [0.717, 1.165) is 37.9 Å². The molecule has 1 atom stereocenters. The summed E-state index contributed by atoms with van der Waals surface area (Å²) in [5, 5.41) is 0.635. The average molecular weight is 375 g/mol. The van der Waals surface area contributed by atoms with Gasteiger partial charge in [0.15, 0.2) is 0 Å². The molecule has 0 aliphatic carbocycles. The number of hydrogen-bond donors (Lipinski definition) is 0. The van der Waals surface area contributed by atoms with Gasteiger partial charge in [0.25, 0.3) is 0 Å². The fourth-order valence-corrected chi connectivity index (χ4v) is 4.69. The zero-order chi connectivity index (χ0) is 14.7. The molecule has 2 nitrogen and oxygen atoms in total. The molecule has 2 aliphatic heterocycles. The molecule has 1 aromatic rings. The zero-order valence-corrected chi connectivity index (χ0v) is 14.3. The summed E-state index contributed by atoms with van der Waals surface area (Å²) in [5.41, 5.74) is 0.903. The maximum atomic E-state index is 13.6. The molecular formula is C16H20BrFO2S. The van der Waals surface area contributed by atoms with Gasteiger partial charge in [-0.3, -0.25) is 0 Å². The topological polar surface area (TPSA) is 18.5 Å². The first-order valence-electron chi connectivity index (χ1n) is 7.43. The summed E-state index contributed by atoms with van der Waals surface area (Å²) in [6.45, 7) is 0.746. The second-order valence-electron chi connectivity index (χ2n) is 5.81. The van der Waals surface area contributed by atoms with E-state index < -0.39 is 0 Å². The number of thioether (sulfide) groups is 1. The lowest BCUT2D eigenvalue weighted by molar-refractivity contribution is -0.116. The van der Waals surface area contributed by atoms with Crippen LogP contribution in [0.25, 0.3) is 0 Å². The Kier molecular flexibility index (Phi) is 5.12. The highest BCUT2D eigenvalue weighted by Gasteiger charge is 2.39. The van der Waals surface area contributed by atoms with Crippen molar-refractivity contribution in [3.8, 4) is 5.75 Å². The molecule has 0 bridgehead atoms. The third-order valence-electron chi connectivity index (χ3n) is 4.24. The summed E-state index contributed by atoms with van der Waals surface area (Å²) < 4.78 is 25.7. The van der Waals surface area contributed by atoms with Gasteiger partial charge in [-0.1, -0.05) is 15.9 Å². The number of halogens is 2. The minimum atomic E-state index is -0.238. The van der Waals surface area contributed by atoms with Crippen molar-refractivity contribution in [1.82, 2.24) is 0 Å². The Bertz CT molecular complexity index is 486. The van der Waals surface area contributed by atoms with E-state index in [2.05, 4.69) is 15.9 Å². The van der Waals surface area contributed by atoms with Crippen LogP contribution in [-0.2, 0) is 10.1 Å². The van der Waals surface area contributed by atoms with Crippen molar-refractivity contribution in [2.24, 2.45) is 0 Å². The van der Waals surface area contributed by atoms with Crippen molar-refractivity contribution >= 4 is 27.7 Å². The third-order valence-corrected chi connectivity index (χ3v) is 5.87. The van der Waals surface area contributed by atoms with Crippen LogP contribution in [0, 0.1) is 5.82 Å². The predicted octanol–water partition coefficient (Wildman–Crippen LogP) is 4.54. The summed E-state index contributed by atoms with van der Waals surface area (Å²) in [6, 6.07) is 4.92. The van der Waals surface area contributed by atoms with E-state index >= 15 is 0 Å². The molecule has 2 saturated heterocycles. The van der Waals surface area contributed by atoms with Crippen molar-refractivity contribution in [1.29, 1.82) is 0 Å². The quantitative estimate of drug-likeness (QED) is 0.723. The number of ether oxygens (including phenoxy) is 2. The summed E-state index contributed by atoms with van der Waals surface area (Å²) in [6.07, 6.45) is 4.15. The smallest absolute Gasteiger partial charge is 0.127 e. The van der Waals surface area contributed by atoms with Crippen LogP contribution in [0.3, 0.4) is 0 Å². The van der Waals surface area contributed by atoms with Crippen LogP contribution >= 0.6 is 27.7 Å². The highest BCUT2D eigenvalue weighted by molar-refractivity contribution is 9.08. The van der Waals surface area contributed by atoms with Gasteiger partial charge in [-0.25, -0.2) is 4.39 Å². The van der Waals surface area contributed by atoms with E-state index in [1.807, 2.05) is 17.8 Å². The largest absolute Gasteiger partial charge is 0.490 e. The van der Waals surface area contributed by atoms with Gasteiger partial charge in [-0.2, -0.15) is 11.8 Å². The van der Waals surface area contributed by atoms with E-state index in [-0.39, 0.29) is 17.5 Å². The summed E-state index contributed by atoms with van der Waals surface area (Å²) in [5.74, 6) is 2.73. The van der Waals surface area contributed by atoms with Gasteiger partial charge in [0.1, 0.15) is 17.7 Å². The van der Waals surface area contributed by atoms with Gasteiger partial charge in [0.2, 0.25) is 0 Å². The van der Waals surface area contributed by atoms with Crippen molar-refractivity contribution in [2.75, 3.05) is 18.1 Å². The number of benzene rings is 1. The van der Waals surface area contributed by atoms with E-state index in [1.165, 1.54) is 23.6 Å². The summed E-state index contributed by atoms with van der Waals surface area (Å²) in [7, 11) is 0. The zero-order valence-electron chi connectivity index (χ0n) is 11.9. The lowest BCUT2D eigenvalue weighted by atomic mass is 9.86. The molecule has 5 heteroatoms. The Hall–Kier alpha value is -0.260. The molecule has 2 fully saturated rings. The molecule has 0 aromatic heterocycles. The average Bonchev–Trinajstić information content (AvgIpc) is 2.47. The summed E-state index contributed by atoms with van der Waals surface area (Å²) in [4.78, 5) is 0. The number of rotatable bonds is 3. The highest BCUT2D eigenvalue weighted by Crippen LogP contribution is 2.38. The van der Waals surface area contributed by atoms with Crippen LogP contribution in [0.15, 0.2) is 18.2 Å². The third kappa shape index (κ3) is 3.93. The van der Waals surface area contributed by atoms with Gasteiger partial charge in [0.05, 0.1) is 12.2 Å². The Labute approximate surface area is 137 Å². The normalized spacial score (nSPS) is 25.0. The first-order chi connectivity index (χ1) is 10.2. The SMILES string of the molecule is Fc1cc(CBr)cc(OC2CCOC3(CCSCC3)C2)c1. The van der Waals surface area contributed by atoms with Crippen molar-refractivity contribution < 1.29 is 13.9 Å². The summed E-state index contributed by atoms with van der Waals surface area (Å²) >= 11 is 5.36. The van der Waals surface area contributed by atoms with Crippen LogP contribution in [-0.4, -0.2) is 29.8 Å². The van der Waals surface area contributed by atoms with Crippen molar-refractivity contribution in [3.63, 3.8) is 0 Å². The van der Waals surface area contributed by atoms with Gasteiger partial charge in [0, 0.05) is 24.2 Å². The molecule has 1 aromatic carbocycles. The standard InChI is InChI=1S/C16H20BrFO2S/c17-11-12-7-13(18)9-15(8-12)20-14-1-4-19-16(10-14)2-5-21-6-3-16/h7-9,14H,1-6,10-11H2. The Morgan fingerprint density at radius 2 is 2.14 bits per heavy atom. The molecule has 1 spiro atoms. The molecule has 3 rings (SSSR count). The fraction of sp³-hybridized carbons (Fsp3) is 0.625. The Balaban J connectivity index is 1.68. The van der Waals surface area contributed by atoms with E-state index in [0.29, 0.717) is 11.1 Å². The van der Waals surface area contributed by atoms with Crippen molar-refractivity contribution in [3.05, 3.63) is 29.6 Å². The molecule has 1 unspecified atom stereocenters. The van der Waals surface area contributed by atoms with Gasteiger partial charge >= 0.3 is 0 Å². The van der Waals surface area contributed by atoms with E-state index in [4.69, 9.17) is 9.47 Å². The Morgan fingerprint density at radius 1 is 1.33 bits per heavy atom. The molecule has 116 valence electrons. The first-order valence-corrected chi connectivity index (χ1v) is 9.71. The van der Waals surface area contributed by atoms with Gasteiger partial charge < -0.3 is 9.47 Å². The van der Waals surface area contributed by atoms with E-state index in [1.54, 1.807) is 0 Å². The molecule has 0 amide bonds. The van der Waals surface area contributed by atoms with Crippen LogP contribution < -0.4 is 4.74 Å². The maximum Gasteiger partial charge on any atom is 0.127 e. The monoisotopic (exact) mass is 374 g/mol. The Morgan fingerprint density at radius 3 is 2.90 bits per heavy atom. The highest BCUT2D eigenvalue weighted by atomic mass is 79.9. The molecular weight excluding hydrogens is 355 g/mol.